The highest BCUT2D eigenvalue weighted by Gasteiger charge is 2.59. The SMILES string of the molecule is C[Si](O)c1nccn1[C@]1(COP(=O)(O)O)SC1C#Cc1ccc(-c2ccc(OC3CN(CCC#N)C3)cc2)cc1. The van der Waals surface area contributed by atoms with Crippen LogP contribution in [0.2, 0.25) is 6.55 Å². The van der Waals surface area contributed by atoms with Crippen molar-refractivity contribution in [1.82, 2.24) is 14.5 Å². The van der Waals surface area contributed by atoms with Gasteiger partial charge >= 0.3 is 7.82 Å². The highest BCUT2D eigenvalue weighted by molar-refractivity contribution is 8.08. The molecule has 2 fully saturated rings. The molecule has 1 radical (unpaired) electrons. The summed E-state index contributed by atoms with van der Waals surface area (Å²) in [5.41, 5.74) is 3.37. The van der Waals surface area contributed by atoms with Crippen molar-refractivity contribution in [2.75, 3.05) is 26.2 Å². The Hall–Kier alpha value is -2.90. The van der Waals surface area contributed by atoms with Crippen molar-refractivity contribution >= 4 is 34.1 Å². The first-order valence-corrected chi connectivity index (χ1v) is 17.0. The largest absolute Gasteiger partial charge is 0.488 e. The molecule has 3 N–H and O–H groups in total. The lowest BCUT2D eigenvalue weighted by Gasteiger charge is -2.38. The number of rotatable bonds is 10. The van der Waals surface area contributed by atoms with E-state index in [1.807, 2.05) is 48.5 Å². The lowest BCUT2D eigenvalue weighted by Crippen LogP contribution is -2.53. The molecule has 1 unspecified atom stereocenters. The third kappa shape index (κ3) is 6.69. The van der Waals surface area contributed by atoms with Gasteiger partial charge in [-0.1, -0.05) is 36.1 Å². The third-order valence-corrected chi connectivity index (χ3v) is 9.60. The number of phosphoric ester groups is 1. The monoisotopic (exact) mass is 595 g/mol. The standard InChI is InChI=1S/C27H28N4O6PSSi/c1-40(35)26-29-14-16-31(26)27(19-36-38(32,33)34)25(39-27)12-5-20-3-6-21(7-4-20)22-8-10-23(11-9-22)37-24-17-30(18-24)15-2-13-28/h3-4,6-11,14,16,24-25,35H,2,15,17-19H2,1H3,(H2,32,33,34)/t25?,27-/m1/s1. The average molecular weight is 596 g/mol. The molecule has 2 saturated heterocycles. The molecule has 3 heterocycles. The number of thioether (sulfide) groups is 1. The van der Waals surface area contributed by atoms with Crippen LogP contribution in [0.5, 0.6) is 5.75 Å². The van der Waals surface area contributed by atoms with Gasteiger partial charge in [-0.2, -0.15) is 5.26 Å². The average Bonchev–Trinajstić information content (AvgIpc) is 3.38. The summed E-state index contributed by atoms with van der Waals surface area (Å²) in [6, 6.07) is 18.0. The minimum Gasteiger partial charge on any atom is -0.488 e. The maximum atomic E-state index is 11.4. The number of hydrogen-bond acceptors (Lipinski definition) is 8. The molecule has 2 aliphatic rings. The van der Waals surface area contributed by atoms with Gasteiger partial charge in [-0.15, -0.1) is 11.8 Å². The predicted molar refractivity (Wildman–Crippen MR) is 153 cm³/mol. The summed E-state index contributed by atoms with van der Waals surface area (Å²) in [6.45, 7) is 3.89. The van der Waals surface area contributed by atoms with Crippen LogP contribution in [0.25, 0.3) is 11.1 Å². The van der Waals surface area contributed by atoms with Crippen LogP contribution in [0, 0.1) is 23.2 Å². The molecule has 2 aliphatic heterocycles. The zero-order valence-electron chi connectivity index (χ0n) is 21.7. The number of aromatic nitrogens is 2. The van der Waals surface area contributed by atoms with Crippen LogP contribution >= 0.6 is 19.6 Å². The summed E-state index contributed by atoms with van der Waals surface area (Å²) in [5.74, 6) is 7.17. The van der Waals surface area contributed by atoms with Gasteiger partial charge in [-0.05, 0) is 41.9 Å². The second-order valence-electron chi connectivity index (χ2n) is 9.59. The zero-order chi connectivity index (χ0) is 28.3. The Morgan fingerprint density at radius 2 is 1.85 bits per heavy atom. The molecule has 10 nitrogen and oxygen atoms in total. The molecule has 1 aromatic heterocycles. The van der Waals surface area contributed by atoms with Crippen LogP contribution in [0.1, 0.15) is 12.0 Å². The van der Waals surface area contributed by atoms with Gasteiger partial charge in [0.15, 0.2) is 0 Å². The number of likely N-dealkylation sites (tertiary alicyclic amines) is 1. The summed E-state index contributed by atoms with van der Waals surface area (Å²) in [5, 5.41) is 8.39. The van der Waals surface area contributed by atoms with E-state index in [9.17, 15) is 19.1 Å². The quantitative estimate of drug-likeness (QED) is 0.138. The van der Waals surface area contributed by atoms with Gasteiger partial charge in [0, 0.05) is 44.0 Å². The normalized spacial score (nSPS) is 20.9. The fraction of sp³-hybridized carbons (Fsp3) is 0.333. The van der Waals surface area contributed by atoms with E-state index in [0.29, 0.717) is 11.9 Å². The number of ether oxygens (including phenoxy) is 1. The number of nitrogens with zero attached hydrogens (tertiary/aromatic N) is 4. The molecule has 0 spiro atoms. The fourth-order valence-corrected chi connectivity index (χ4v) is 7.03. The van der Waals surface area contributed by atoms with Gasteiger partial charge in [0.25, 0.3) is 9.04 Å². The number of phosphoric acid groups is 1. The van der Waals surface area contributed by atoms with E-state index in [-0.39, 0.29) is 18.0 Å². The number of benzene rings is 2. The minimum atomic E-state index is -4.69. The van der Waals surface area contributed by atoms with E-state index < -0.39 is 21.7 Å². The Kier molecular flexibility index (Phi) is 8.52. The Balaban J connectivity index is 1.22. The van der Waals surface area contributed by atoms with Crippen molar-refractivity contribution < 1.29 is 28.4 Å². The van der Waals surface area contributed by atoms with Gasteiger partial charge < -0.3 is 23.9 Å². The summed E-state index contributed by atoms with van der Waals surface area (Å²) < 4.78 is 24.0. The lowest BCUT2D eigenvalue weighted by atomic mass is 10.0. The van der Waals surface area contributed by atoms with E-state index in [1.165, 1.54) is 11.8 Å². The molecule has 0 bridgehead atoms. The Morgan fingerprint density at radius 1 is 1.18 bits per heavy atom. The zero-order valence-corrected chi connectivity index (χ0v) is 24.4. The van der Waals surface area contributed by atoms with Crippen LogP contribution in [0.3, 0.4) is 0 Å². The maximum absolute atomic E-state index is 11.4. The third-order valence-electron chi connectivity index (χ3n) is 6.67. The van der Waals surface area contributed by atoms with Crippen molar-refractivity contribution in [1.29, 1.82) is 5.26 Å². The maximum Gasteiger partial charge on any atom is 0.469 e. The van der Waals surface area contributed by atoms with E-state index in [4.69, 9.17) is 14.5 Å². The summed E-state index contributed by atoms with van der Waals surface area (Å²) in [6.07, 6.45) is 3.93. The van der Waals surface area contributed by atoms with E-state index in [0.717, 1.165) is 42.1 Å². The second kappa shape index (κ2) is 11.9. The Labute approximate surface area is 238 Å². The molecule has 5 rings (SSSR count). The van der Waals surface area contributed by atoms with Crippen LogP contribution < -0.4 is 10.2 Å². The van der Waals surface area contributed by atoms with Crippen molar-refractivity contribution in [3.05, 3.63) is 66.5 Å². The molecule has 0 amide bonds. The molecule has 2 aromatic carbocycles. The molecule has 207 valence electrons. The van der Waals surface area contributed by atoms with Gasteiger partial charge in [-0.3, -0.25) is 9.42 Å². The highest BCUT2D eigenvalue weighted by atomic mass is 32.2. The van der Waals surface area contributed by atoms with Crippen LogP contribution in [-0.4, -0.2) is 75.7 Å². The highest BCUT2D eigenvalue weighted by Crippen LogP contribution is 2.59. The molecular formula is C27H28N4O6PSSi. The topological polar surface area (TPSA) is 141 Å². The van der Waals surface area contributed by atoms with Crippen molar-refractivity contribution in [2.24, 2.45) is 0 Å². The molecule has 40 heavy (non-hydrogen) atoms. The minimum absolute atomic E-state index is 0.156. The summed E-state index contributed by atoms with van der Waals surface area (Å²) in [7, 11) is -6.59. The summed E-state index contributed by atoms with van der Waals surface area (Å²) in [4.78, 5) is 34.3. The van der Waals surface area contributed by atoms with Crippen molar-refractivity contribution in [3.8, 4) is 34.8 Å². The van der Waals surface area contributed by atoms with E-state index >= 15 is 0 Å². The predicted octanol–water partition coefficient (Wildman–Crippen LogP) is 2.28. The van der Waals surface area contributed by atoms with Gasteiger partial charge in [-0.25, -0.2) is 9.55 Å². The van der Waals surface area contributed by atoms with Crippen molar-refractivity contribution in [2.45, 2.75) is 29.2 Å². The lowest BCUT2D eigenvalue weighted by molar-refractivity contribution is 0.0216. The molecule has 0 aliphatic carbocycles. The molecule has 0 saturated carbocycles. The first kappa shape index (κ1) is 28.6. The summed E-state index contributed by atoms with van der Waals surface area (Å²) >= 11 is 1.41. The van der Waals surface area contributed by atoms with Crippen LogP contribution in [0.4, 0.5) is 0 Å². The van der Waals surface area contributed by atoms with E-state index in [2.05, 4.69) is 27.8 Å². The van der Waals surface area contributed by atoms with Crippen molar-refractivity contribution in [3.63, 3.8) is 0 Å². The molecular weight excluding hydrogens is 567 g/mol. The Morgan fingerprint density at radius 3 is 2.48 bits per heavy atom. The van der Waals surface area contributed by atoms with Crippen LogP contribution in [0.15, 0.2) is 60.9 Å². The van der Waals surface area contributed by atoms with Crippen LogP contribution in [-0.2, 0) is 14.0 Å². The fourth-order valence-electron chi connectivity index (χ4n) is 4.53. The first-order valence-electron chi connectivity index (χ1n) is 12.6. The molecule has 3 aromatic rings. The second-order valence-corrected chi connectivity index (χ2v) is 13.9. The number of nitriles is 1. The van der Waals surface area contributed by atoms with E-state index in [1.54, 1.807) is 23.5 Å². The molecule has 2 atom stereocenters. The Bertz CT molecular complexity index is 1490. The smallest absolute Gasteiger partial charge is 0.469 e. The van der Waals surface area contributed by atoms with Gasteiger partial charge in [0.2, 0.25) is 0 Å². The van der Waals surface area contributed by atoms with Gasteiger partial charge in [0.05, 0.1) is 12.7 Å². The number of hydrogen-bond donors (Lipinski definition) is 3. The number of imidazole rings is 1. The molecule has 13 heteroatoms. The van der Waals surface area contributed by atoms with Gasteiger partial charge in [0.1, 0.15) is 27.4 Å². The first-order chi connectivity index (χ1) is 19.2.